The smallest absolute Gasteiger partial charge is 0.276 e. The van der Waals surface area contributed by atoms with Crippen LogP contribution in [0.3, 0.4) is 0 Å². The normalized spacial score (nSPS) is 27.8. The van der Waals surface area contributed by atoms with E-state index in [9.17, 15) is 19.2 Å². The number of fused-ring (bicyclic) bond motifs is 1. The number of likely N-dealkylation sites (tertiary alicyclic amines) is 1. The van der Waals surface area contributed by atoms with Gasteiger partial charge in [-0.25, -0.2) is 4.68 Å². The summed E-state index contributed by atoms with van der Waals surface area (Å²) in [7, 11) is 0. The van der Waals surface area contributed by atoms with Gasteiger partial charge >= 0.3 is 0 Å². The Bertz CT molecular complexity index is 1260. The highest BCUT2D eigenvalue weighted by Gasteiger charge is 2.49. The molecule has 1 spiro atoms. The summed E-state index contributed by atoms with van der Waals surface area (Å²) in [5.41, 5.74) is 2.22. The average Bonchev–Trinajstić information content (AvgIpc) is 3.49. The largest absolute Gasteiger partial charge is 0.331 e. The van der Waals surface area contributed by atoms with Crippen molar-refractivity contribution in [2.75, 3.05) is 6.54 Å². The molecule has 188 valence electrons. The van der Waals surface area contributed by atoms with Crippen molar-refractivity contribution in [1.29, 1.82) is 0 Å². The first-order valence-corrected chi connectivity index (χ1v) is 12.9. The number of imide groups is 1. The Morgan fingerprint density at radius 2 is 1.94 bits per heavy atom. The van der Waals surface area contributed by atoms with Gasteiger partial charge in [0.1, 0.15) is 6.04 Å². The van der Waals surface area contributed by atoms with Crippen molar-refractivity contribution in [3.8, 4) is 5.69 Å². The second-order valence-electron chi connectivity index (χ2n) is 10.6. The van der Waals surface area contributed by atoms with Gasteiger partial charge < -0.3 is 9.80 Å². The maximum Gasteiger partial charge on any atom is 0.276 e. The lowest BCUT2D eigenvalue weighted by Gasteiger charge is -2.55. The second-order valence-corrected chi connectivity index (χ2v) is 10.6. The van der Waals surface area contributed by atoms with Gasteiger partial charge in [-0.1, -0.05) is 24.6 Å². The molecule has 1 aromatic carbocycles. The third-order valence-electron chi connectivity index (χ3n) is 8.72. The number of carbonyl (C=O) groups excluding carboxylic acids is 4. The van der Waals surface area contributed by atoms with E-state index in [-0.39, 0.29) is 29.7 Å². The van der Waals surface area contributed by atoms with E-state index in [1.54, 1.807) is 12.3 Å². The summed E-state index contributed by atoms with van der Waals surface area (Å²) < 4.78 is 1.52. The molecular formula is C26H30N6O4. The predicted octanol–water partition coefficient (Wildman–Crippen LogP) is 2.21. The predicted molar refractivity (Wildman–Crippen MR) is 128 cm³/mol. The minimum atomic E-state index is -0.655. The molecule has 4 heterocycles. The monoisotopic (exact) mass is 490 g/mol. The molecule has 3 fully saturated rings. The molecule has 6 rings (SSSR count). The van der Waals surface area contributed by atoms with Crippen LogP contribution in [-0.4, -0.2) is 66.5 Å². The van der Waals surface area contributed by atoms with Gasteiger partial charge in [-0.15, -0.1) is 5.10 Å². The van der Waals surface area contributed by atoms with Gasteiger partial charge in [0.05, 0.1) is 11.9 Å². The van der Waals surface area contributed by atoms with Gasteiger partial charge in [0.2, 0.25) is 11.8 Å². The molecule has 10 heteroatoms. The Labute approximate surface area is 209 Å². The zero-order valence-corrected chi connectivity index (χ0v) is 20.4. The molecule has 4 amide bonds. The summed E-state index contributed by atoms with van der Waals surface area (Å²) >= 11 is 0. The average molecular weight is 491 g/mol. The van der Waals surface area contributed by atoms with Crippen LogP contribution >= 0.6 is 0 Å². The number of carbonyl (C=O) groups is 4. The Kier molecular flexibility index (Phi) is 5.42. The molecule has 1 atom stereocenters. The standard InChI is InChI=1S/C26H30N6O4/c1-2-16-7-9-26(10-8-16)11-12-31(26)25(36)20-15-32(29-28-20)18-4-3-17-14-30(24(35)19(17)13-18)21-5-6-22(33)27-23(21)34/h3-4,13,15-16,21H,2,5-12,14H2,1H3,(H,27,33,34). The summed E-state index contributed by atoms with van der Waals surface area (Å²) in [6.45, 7) is 3.31. The van der Waals surface area contributed by atoms with Gasteiger partial charge in [-0.3, -0.25) is 24.5 Å². The number of nitrogens with one attached hydrogen (secondary N) is 1. The quantitative estimate of drug-likeness (QED) is 0.657. The van der Waals surface area contributed by atoms with Crippen LogP contribution < -0.4 is 5.32 Å². The molecular weight excluding hydrogens is 460 g/mol. The van der Waals surface area contributed by atoms with Crippen LogP contribution in [0.1, 0.15) is 84.7 Å². The number of rotatable bonds is 4. The van der Waals surface area contributed by atoms with Gasteiger partial charge in [-0.2, -0.15) is 0 Å². The van der Waals surface area contributed by atoms with E-state index in [1.807, 2.05) is 17.0 Å². The number of benzene rings is 1. The number of hydrogen-bond donors (Lipinski definition) is 1. The first-order valence-electron chi connectivity index (χ1n) is 12.9. The molecule has 36 heavy (non-hydrogen) atoms. The zero-order chi connectivity index (χ0) is 25.0. The lowest BCUT2D eigenvalue weighted by atomic mass is 9.69. The van der Waals surface area contributed by atoms with Gasteiger partial charge in [-0.05, 0) is 62.1 Å². The van der Waals surface area contributed by atoms with Crippen LogP contribution in [0.5, 0.6) is 0 Å². The Morgan fingerprint density at radius 1 is 1.14 bits per heavy atom. The maximum absolute atomic E-state index is 13.3. The number of nitrogens with zero attached hydrogens (tertiary/aromatic N) is 5. The fourth-order valence-electron chi connectivity index (χ4n) is 6.31. The molecule has 3 aliphatic heterocycles. The number of amides is 4. The molecule has 10 nitrogen and oxygen atoms in total. The number of piperidine rings is 1. The highest BCUT2D eigenvalue weighted by Crippen LogP contribution is 2.46. The summed E-state index contributed by atoms with van der Waals surface area (Å²) in [4.78, 5) is 53.7. The van der Waals surface area contributed by atoms with Crippen LogP contribution in [0.25, 0.3) is 5.69 Å². The van der Waals surface area contributed by atoms with Crippen molar-refractivity contribution in [1.82, 2.24) is 30.1 Å². The molecule has 1 unspecified atom stereocenters. The summed E-state index contributed by atoms with van der Waals surface area (Å²) in [5, 5.41) is 10.7. The Balaban J connectivity index is 1.18. The highest BCUT2D eigenvalue weighted by atomic mass is 16.2. The third-order valence-corrected chi connectivity index (χ3v) is 8.72. The first-order chi connectivity index (χ1) is 17.4. The fraction of sp³-hybridized carbons (Fsp3) is 0.538. The molecule has 0 bridgehead atoms. The minimum Gasteiger partial charge on any atom is -0.331 e. The summed E-state index contributed by atoms with van der Waals surface area (Å²) in [5.74, 6) is -0.301. The lowest BCUT2D eigenvalue weighted by Crippen LogP contribution is -2.63. The van der Waals surface area contributed by atoms with Crippen molar-refractivity contribution in [3.63, 3.8) is 0 Å². The maximum atomic E-state index is 13.3. The van der Waals surface area contributed by atoms with Crippen LogP contribution in [0, 0.1) is 5.92 Å². The van der Waals surface area contributed by atoms with Crippen LogP contribution in [0.2, 0.25) is 0 Å². The molecule has 1 saturated carbocycles. The van der Waals surface area contributed by atoms with E-state index < -0.39 is 11.9 Å². The summed E-state index contributed by atoms with van der Waals surface area (Å²) in [6, 6.07) is 4.75. The van der Waals surface area contributed by atoms with Gasteiger partial charge in [0.25, 0.3) is 11.8 Å². The second kappa shape index (κ2) is 8.53. The Morgan fingerprint density at radius 3 is 2.64 bits per heavy atom. The van der Waals surface area contributed by atoms with Crippen molar-refractivity contribution in [2.24, 2.45) is 5.92 Å². The van der Waals surface area contributed by atoms with Crippen molar-refractivity contribution in [3.05, 3.63) is 41.2 Å². The Hall–Kier alpha value is -3.56. The van der Waals surface area contributed by atoms with Crippen molar-refractivity contribution >= 4 is 23.6 Å². The van der Waals surface area contributed by atoms with Crippen LogP contribution in [0.15, 0.2) is 24.4 Å². The summed E-state index contributed by atoms with van der Waals surface area (Å²) in [6.07, 6.45) is 8.89. The zero-order valence-electron chi connectivity index (χ0n) is 20.4. The molecule has 4 aliphatic rings. The van der Waals surface area contributed by atoms with Crippen LogP contribution in [0.4, 0.5) is 0 Å². The van der Waals surface area contributed by atoms with Gasteiger partial charge in [0, 0.05) is 30.6 Å². The molecule has 0 radical (unpaired) electrons. The lowest BCUT2D eigenvalue weighted by molar-refractivity contribution is -0.136. The third kappa shape index (κ3) is 3.61. The SMILES string of the molecule is CCC1CCC2(CC1)CCN2C(=O)c1cn(-c2ccc3c(c2)C(=O)N(C2CCC(=O)NC2=O)C3)nn1. The molecule has 2 saturated heterocycles. The fourth-order valence-corrected chi connectivity index (χ4v) is 6.31. The minimum absolute atomic E-state index is 0.0218. The molecule has 2 aromatic rings. The van der Waals surface area contributed by atoms with E-state index in [1.165, 1.54) is 28.8 Å². The van der Waals surface area contributed by atoms with Crippen molar-refractivity contribution in [2.45, 2.75) is 76.4 Å². The number of hydrogen-bond acceptors (Lipinski definition) is 6. The molecule has 1 aromatic heterocycles. The molecule has 1 aliphatic carbocycles. The highest BCUT2D eigenvalue weighted by molar-refractivity contribution is 6.05. The topological polar surface area (TPSA) is 118 Å². The van der Waals surface area contributed by atoms with Gasteiger partial charge in [0.15, 0.2) is 5.69 Å². The number of aromatic nitrogens is 3. The van der Waals surface area contributed by atoms with Crippen LogP contribution in [-0.2, 0) is 16.1 Å². The first kappa shape index (κ1) is 22.9. The van der Waals surface area contributed by atoms with E-state index in [4.69, 9.17) is 0 Å². The van der Waals surface area contributed by atoms with E-state index in [0.717, 1.165) is 37.3 Å². The van der Waals surface area contributed by atoms with E-state index >= 15 is 0 Å². The van der Waals surface area contributed by atoms with Crippen molar-refractivity contribution < 1.29 is 19.2 Å². The molecule has 1 N–H and O–H groups in total. The van der Waals surface area contributed by atoms with E-state index in [0.29, 0.717) is 29.9 Å². The van der Waals surface area contributed by atoms with E-state index in [2.05, 4.69) is 22.6 Å².